The van der Waals surface area contributed by atoms with Crippen LogP contribution in [-0.4, -0.2) is 10.9 Å². The fourth-order valence-electron chi connectivity index (χ4n) is 1.44. The van der Waals surface area contributed by atoms with Gasteiger partial charge in [-0.15, -0.1) is 0 Å². The summed E-state index contributed by atoms with van der Waals surface area (Å²) in [6.45, 7) is 0. The van der Waals surface area contributed by atoms with Crippen LogP contribution in [0.1, 0.15) is 32.1 Å². The van der Waals surface area contributed by atoms with Gasteiger partial charge in [-0.25, -0.2) is 0 Å². The number of rotatable bonds is 1. The summed E-state index contributed by atoms with van der Waals surface area (Å²) >= 11 is 3.54. The number of azide groups is 1. The van der Waals surface area contributed by atoms with Crippen LogP contribution in [0.15, 0.2) is 5.11 Å². The second kappa shape index (κ2) is 4.62. The Kier molecular flexibility index (Phi) is 3.73. The Labute approximate surface area is 74.9 Å². The number of hydrogen-bond donors (Lipinski definition) is 0. The van der Waals surface area contributed by atoms with E-state index >= 15 is 0 Å². The fraction of sp³-hybridized carbons (Fsp3) is 1.00. The predicted octanol–water partition coefficient (Wildman–Crippen LogP) is 3.39. The molecule has 0 amide bonds. The van der Waals surface area contributed by atoms with E-state index in [4.69, 9.17) is 5.53 Å². The maximum absolute atomic E-state index is 8.27. The molecule has 0 N–H and O–H groups in total. The number of hydrogen-bond acceptors (Lipinski definition) is 1. The molecule has 0 aromatic carbocycles. The van der Waals surface area contributed by atoms with Crippen LogP contribution in [0, 0.1) is 0 Å². The molecule has 1 rings (SSSR count). The van der Waals surface area contributed by atoms with Gasteiger partial charge in [0.15, 0.2) is 0 Å². The molecule has 1 aliphatic carbocycles. The smallest absolute Gasteiger partial charge is 0.0499 e. The maximum Gasteiger partial charge on any atom is 0.0499 e. The first-order valence-corrected chi connectivity index (χ1v) is 4.94. The normalized spacial score (nSPS) is 32.1. The molecule has 0 aliphatic heterocycles. The largest absolute Gasteiger partial charge is 0.0895 e. The van der Waals surface area contributed by atoms with Crippen molar-refractivity contribution < 1.29 is 0 Å². The first kappa shape index (κ1) is 8.88. The van der Waals surface area contributed by atoms with Crippen LogP contribution in [0.5, 0.6) is 0 Å². The molecule has 1 fully saturated rings. The SMILES string of the molecule is [N-]=[N+]=NC1CCCCCC1Br. The van der Waals surface area contributed by atoms with Crippen molar-refractivity contribution in [2.75, 3.05) is 0 Å². The lowest BCUT2D eigenvalue weighted by atomic mass is 10.1. The summed E-state index contributed by atoms with van der Waals surface area (Å²) in [6, 6.07) is 0.183. The van der Waals surface area contributed by atoms with Crippen LogP contribution in [0.3, 0.4) is 0 Å². The molecule has 3 nitrogen and oxygen atoms in total. The third kappa shape index (κ3) is 2.72. The van der Waals surface area contributed by atoms with E-state index in [0.717, 1.165) is 12.8 Å². The zero-order valence-electron chi connectivity index (χ0n) is 6.41. The highest BCUT2D eigenvalue weighted by Gasteiger charge is 2.19. The van der Waals surface area contributed by atoms with E-state index in [1.807, 2.05) is 0 Å². The van der Waals surface area contributed by atoms with E-state index in [-0.39, 0.29) is 6.04 Å². The van der Waals surface area contributed by atoms with Gasteiger partial charge in [0.1, 0.15) is 0 Å². The molecule has 0 spiro atoms. The van der Waals surface area contributed by atoms with Crippen LogP contribution in [-0.2, 0) is 0 Å². The molecular formula is C7H12BrN3. The van der Waals surface area contributed by atoms with Gasteiger partial charge in [0, 0.05) is 15.8 Å². The summed E-state index contributed by atoms with van der Waals surface area (Å²) in [6.07, 6.45) is 5.92. The van der Waals surface area contributed by atoms with Crippen molar-refractivity contribution >= 4 is 15.9 Å². The summed E-state index contributed by atoms with van der Waals surface area (Å²) in [5, 5.41) is 3.76. The average molecular weight is 218 g/mol. The van der Waals surface area contributed by atoms with Gasteiger partial charge in [-0.1, -0.05) is 40.3 Å². The second-order valence-corrected chi connectivity index (χ2v) is 4.10. The first-order chi connectivity index (χ1) is 5.34. The van der Waals surface area contributed by atoms with Crippen molar-refractivity contribution in [3.63, 3.8) is 0 Å². The Balaban J connectivity index is 2.51. The van der Waals surface area contributed by atoms with E-state index in [0.29, 0.717) is 4.83 Å². The molecule has 0 bridgehead atoms. The van der Waals surface area contributed by atoms with Crippen molar-refractivity contribution in [2.24, 2.45) is 5.11 Å². The topological polar surface area (TPSA) is 48.8 Å². The van der Waals surface area contributed by atoms with Crippen LogP contribution in [0.4, 0.5) is 0 Å². The van der Waals surface area contributed by atoms with Crippen LogP contribution in [0.2, 0.25) is 0 Å². The highest BCUT2D eigenvalue weighted by atomic mass is 79.9. The Hall–Kier alpha value is -0.210. The lowest BCUT2D eigenvalue weighted by molar-refractivity contribution is 0.599. The molecule has 2 atom stereocenters. The van der Waals surface area contributed by atoms with Crippen molar-refractivity contribution in [1.82, 2.24) is 0 Å². The lowest BCUT2D eigenvalue weighted by Crippen LogP contribution is -2.15. The van der Waals surface area contributed by atoms with Gasteiger partial charge in [0.2, 0.25) is 0 Å². The quantitative estimate of drug-likeness (QED) is 0.213. The molecule has 0 heterocycles. The van der Waals surface area contributed by atoms with E-state index in [1.165, 1.54) is 19.3 Å². The second-order valence-electron chi connectivity index (χ2n) is 2.93. The van der Waals surface area contributed by atoms with Crippen LogP contribution < -0.4 is 0 Å². The van der Waals surface area contributed by atoms with Gasteiger partial charge in [-0.2, -0.15) is 0 Å². The third-order valence-electron chi connectivity index (χ3n) is 2.10. The van der Waals surface area contributed by atoms with E-state index in [2.05, 4.69) is 26.0 Å². The Morgan fingerprint density at radius 2 is 2.00 bits per heavy atom. The summed E-state index contributed by atoms with van der Waals surface area (Å²) in [7, 11) is 0. The zero-order chi connectivity index (χ0) is 8.10. The molecule has 1 aliphatic rings. The van der Waals surface area contributed by atoms with Gasteiger partial charge >= 0.3 is 0 Å². The average Bonchev–Trinajstić information content (AvgIpc) is 2.18. The van der Waals surface area contributed by atoms with Crippen LogP contribution in [0.25, 0.3) is 10.4 Å². The summed E-state index contributed by atoms with van der Waals surface area (Å²) in [5.41, 5.74) is 8.27. The van der Waals surface area contributed by atoms with E-state index < -0.39 is 0 Å². The molecule has 0 aromatic rings. The predicted molar refractivity (Wildman–Crippen MR) is 48.7 cm³/mol. The zero-order valence-corrected chi connectivity index (χ0v) is 8.00. The number of nitrogens with zero attached hydrogens (tertiary/aromatic N) is 3. The molecule has 4 heteroatoms. The van der Waals surface area contributed by atoms with Gasteiger partial charge in [0.05, 0.1) is 0 Å². The van der Waals surface area contributed by atoms with Crippen LogP contribution >= 0.6 is 15.9 Å². The monoisotopic (exact) mass is 217 g/mol. The van der Waals surface area contributed by atoms with Crippen molar-refractivity contribution in [2.45, 2.75) is 43.0 Å². The van der Waals surface area contributed by atoms with Gasteiger partial charge < -0.3 is 0 Å². The number of alkyl halides is 1. The molecule has 0 radical (unpaired) electrons. The fourth-order valence-corrected chi connectivity index (χ4v) is 2.13. The molecule has 11 heavy (non-hydrogen) atoms. The number of halogens is 1. The molecule has 62 valence electrons. The van der Waals surface area contributed by atoms with Gasteiger partial charge in [-0.05, 0) is 18.4 Å². The third-order valence-corrected chi connectivity index (χ3v) is 3.17. The van der Waals surface area contributed by atoms with Gasteiger partial charge in [0.25, 0.3) is 0 Å². The minimum Gasteiger partial charge on any atom is -0.0895 e. The molecule has 2 unspecified atom stereocenters. The van der Waals surface area contributed by atoms with E-state index in [9.17, 15) is 0 Å². The lowest BCUT2D eigenvalue weighted by Gasteiger charge is -2.12. The highest BCUT2D eigenvalue weighted by molar-refractivity contribution is 9.09. The molecule has 0 aromatic heterocycles. The Morgan fingerprint density at radius 3 is 2.73 bits per heavy atom. The van der Waals surface area contributed by atoms with E-state index in [1.54, 1.807) is 0 Å². The summed E-state index contributed by atoms with van der Waals surface area (Å²) in [5.74, 6) is 0. The maximum atomic E-state index is 8.27. The van der Waals surface area contributed by atoms with Crippen molar-refractivity contribution in [3.05, 3.63) is 10.4 Å². The van der Waals surface area contributed by atoms with Crippen molar-refractivity contribution in [3.8, 4) is 0 Å². The minimum absolute atomic E-state index is 0.183. The first-order valence-electron chi connectivity index (χ1n) is 4.03. The molecular weight excluding hydrogens is 206 g/mol. The summed E-state index contributed by atoms with van der Waals surface area (Å²) in [4.78, 5) is 3.25. The molecule has 0 saturated heterocycles. The van der Waals surface area contributed by atoms with Crippen molar-refractivity contribution in [1.29, 1.82) is 0 Å². The Morgan fingerprint density at radius 1 is 1.27 bits per heavy atom. The molecule has 1 saturated carbocycles. The standard InChI is InChI=1S/C7H12BrN3/c8-6-4-2-1-3-5-7(6)10-11-9/h6-7H,1-5H2. The minimum atomic E-state index is 0.183. The highest BCUT2D eigenvalue weighted by Crippen LogP contribution is 2.25. The Bertz CT molecular complexity index is 165. The van der Waals surface area contributed by atoms with Gasteiger partial charge in [-0.3, -0.25) is 0 Å². The summed E-state index contributed by atoms with van der Waals surface area (Å²) < 4.78 is 0.